The predicted molar refractivity (Wildman–Crippen MR) is 115 cm³/mol. The van der Waals surface area contributed by atoms with Crippen LogP contribution in [-0.2, 0) is 0 Å². The maximum atomic E-state index is 9.74. The summed E-state index contributed by atoms with van der Waals surface area (Å²) < 4.78 is 0. The average molecular weight is 411 g/mol. The van der Waals surface area contributed by atoms with Gasteiger partial charge in [-0.25, -0.2) is 9.97 Å². The monoisotopic (exact) mass is 411 g/mol. The number of pyridine rings is 3. The van der Waals surface area contributed by atoms with Crippen molar-refractivity contribution in [1.82, 2.24) is 35.1 Å². The normalized spacial score (nSPS) is 11.5. The second-order valence-corrected chi connectivity index (χ2v) is 7.56. The first kappa shape index (κ1) is 16.8. The van der Waals surface area contributed by atoms with Crippen LogP contribution in [0.25, 0.3) is 56.0 Å². The number of nitrogens with zero attached hydrogens (tertiary/aromatic N) is 5. The molecule has 0 aromatic carbocycles. The van der Waals surface area contributed by atoms with Crippen molar-refractivity contribution >= 4 is 33.4 Å². The van der Waals surface area contributed by atoms with Gasteiger partial charge in [-0.15, -0.1) is 0 Å². The Morgan fingerprint density at radius 2 is 1.90 bits per heavy atom. The zero-order valence-electron chi connectivity index (χ0n) is 15.4. The second-order valence-electron chi connectivity index (χ2n) is 6.78. The highest BCUT2D eigenvalue weighted by molar-refractivity contribution is 7.08. The van der Waals surface area contributed by atoms with Crippen molar-refractivity contribution in [1.29, 1.82) is 0 Å². The number of imidazole rings is 1. The summed E-state index contributed by atoms with van der Waals surface area (Å²) in [6.07, 6.45) is 6.56. The van der Waals surface area contributed by atoms with Gasteiger partial charge in [0.1, 0.15) is 17.0 Å². The van der Waals surface area contributed by atoms with E-state index in [1.807, 2.05) is 23.6 Å². The molecule has 0 spiro atoms. The maximum absolute atomic E-state index is 9.74. The Bertz CT molecular complexity index is 1520. The Hall–Kier alpha value is -4.11. The van der Waals surface area contributed by atoms with Crippen LogP contribution < -0.4 is 0 Å². The number of aromatic hydroxyl groups is 1. The summed E-state index contributed by atoms with van der Waals surface area (Å²) in [5.74, 6) is 0.760. The van der Waals surface area contributed by atoms with Crippen molar-refractivity contribution in [2.24, 2.45) is 0 Å². The summed E-state index contributed by atoms with van der Waals surface area (Å²) in [4.78, 5) is 21.2. The van der Waals surface area contributed by atoms with Gasteiger partial charge in [0.05, 0.1) is 22.8 Å². The van der Waals surface area contributed by atoms with Crippen LogP contribution in [0.3, 0.4) is 0 Å². The third kappa shape index (κ3) is 2.64. The van der Waals surface area contributed by atoms with Crippen LogP contribution in [0, 0.1) is 0 Å². The predicted octanol–water partition coefficient (Wildman–Crippen LogP) is 4.39. The zero-order valence-corrected chi connectivity index (χ0v) is 16.2. The molecule has 3 N–H and O–H groups in total. The summed E-state index contributed by atoms with van der Waals surface area (Å²) in [6, 6.07) is 7.55. The summed E-state index contributed by atoms with van der Waals surface area (Å²) in [6.45, 7) is 0. The van der Waals surface area contributed by atoms with Crippen LogP contribution >= 0.6 is 11.3 Å². The van der Waals surface area contributed by atoms with Crippen LogP contribution in [0.4, 0.5) is 0 Å². The average Bonchev–Trinajstić information content (AvgIpc) is 3.51. The summed E-state index contributed by atoms with van der Waals surface area (Å²) >= 11 is 1.62. The molecule has 6 aromatic rings. The van der Waals surface area contributed by atoms with Crippen LogP contribution in [0.15, 0.2) is 59.8 Å². The van der Waals surface area contributed by atoms with Crippen LogP contribution in [-0.4, -0.2) is 40.2 Å². The molecule has 6 rings (SSSR count). The molecule has 8 nitrogen and oxygen atoms in total. The van der Waals surface area contributed by atoms with Crippen molar-refractivity contribution in [2.45, 2.75) is 0 Å². The van der Waals surface area contributed by atoms with E-state index < -0.39 is 0 Å². The number of aromatic nitrogens is 7. The van der Waals surface area contributed by atoms with Gasteiger partial charge in [0.25, 0.3) is 0 Å². The number of rotatable bonds is 3. The molecule has 9 heteroatoms. The highest BCUT2D eigenvalue weighted by Crippen LogP contribution is 2.32. The standard InChI is InChI=1S/C21H13N7OS/c29-14-5-12(7-22-9-14)13-6-15-18(27-28-20(15)24-8-13)21-25-16-1-3-23-17(19(16)26-21)11-2-4-30-10-11/h1-10,29H,(H,25,26)(H,24,27,28). The number of hydrogen-bond donors (Lipinski definition) is 3. The Kier molecular flexibility index (Phi) is 3.62. The molecule has 0 radical (unpaired) electrons. The topological polar surface area (TPSA) is 116 Å². The molecule has 6 aromatic heterocycles. The van der Waals surface area contributed by atoms with Crippen molar-refractivity contribution in [3.8, 4) is 39.7 Å². The van der Waals surface area contributed by atoms with E-state index in [1.54, 1.807) is 36.0 Å². The Morgan fingerprint density at radius 3 is 2.77 bits per heavy atom. The fourth-order valence-electron chi connectivity index (χ4n) is 3.49. The number of thiophene rings is 1. The Balaban J connectivity index is 1.52. The van der Waals surface area contributed by atoms with E-state index in [0.29, 0.717) is 11.5 Å². The largest absolute Gasteiger partial charge is 0.506 e. The third-order valence-corrected chi connectivity index (χ3v) is 5.58. The summed E-state index contributed by atoms with van der Waals surface area (Å²) in [5.41, 5.74) is 6.48. The minimum Gasteiger partial charge on any atom is -0.506 e. The molecule has 0 fully saturated rings. The lowest BCUT2D eigenvalue weighted by Crippen LogP contribution is -1.85. The minimum atomic E-state index is 0.103. The van der Waals surface area contributed by atoms with E-state index >= 15 is 0 Å². The molecular weight excluding hydrogens is 398 g/mol. The molecule has 0 saturated carbocycles. The number of aromatic amines is 2. The molecular formula is C21H13N7OS. The van der Waals surface area contributed by atoms with E-state index in [-0.39, 0.29) is 5.75 Å². The first-order valence-corrected chi connectivity index (χ1v) is 10.1. The van der Waals surface area contributed by atoms with E-state index in [4.69, 9.17) is 4.98 Å². The van der Waals surface area contributed by atoms with Gasteiger partial charge >= 0.3 is 0 Å². The van der Waals surface area contributed by atoms with Crippen molar-refractivity contribution in [3.05, 3.63) is 59.8 Å². The lowest BCUT2D eigenvalue weighted by atomic mass is 10.1. The van der Waals surface area contributed by atoms with Gasteiger partial charge in [-0.3, -0.25) is 15.1 Å². The van der Waals surface area contributed by atoms with Crippen LogP contribution in [0.5, 0.6) is 5.75 Å². The molecule has 0 aliphatic rings. The van der Waals surface area contributed by atoms with Crippen LogP contribution in [0.1, 0.15) is 0 Å². The van der Waals surface area contributed by atoms with Gasteiger partial charge in [-0.2, -0.15) is 16.4 Å². The zero-order chi connectivity index (χ0) is 20.1. The van der Waals surface area contributed by atoms with E-state index in [9.17, 15) is 5.11 Å². The van der Waals surface area contributed by atoms with E-state index in [0.717, 1.165) is 44.5 Å². The molecule has 0 atom stereocenters. The number of fused-ring (bicyclic) bond motifs is 2. The van der Waals surface area contributed by atoms with Gasteiger partial charge < -0.3 is 10.1 Å². The Morgan fingerprint density at radius 1 is 0.967 bits per heavy atom. The Labute approximate surface area is 173 Å². The van der Waals surface area contributed by atoms with Gasteiger partial charge in [-0.05, 0) is 29.6 Å². The number of hydrogen-bond acceptors (Lipinski definition) is 7. The molecule has 0 bridgehead atoms. The van der Waals surface area contributed by atoms with Crippen molar-refractivity contribution in [2.75, 3.05) is 0 Å². The fourth-order valence-corrected chi connectivity index (χ4v) is 4.13. The van der Waals surface area contributed by atoms with E-state index in [2.05, 4.69) is 35.5 Å². The van der Waals surface area contributed by atoms with Gasteiger partial charge in [0.2, 0.25) is 0 Å². The minimum absolute atomic E-state index is 0.103. The molecule has 0 amide bonds. The first-order chi connectivity index (χ1) is 14.8. The second kappa shape index (κ2) is 6.46. The molecule has 0 saturated heterocycles. The lowest BCUT2D eigenvalue weighted by molar-refractivity contribution is 0.473. The van der Waals surface area contributed by atoms with Gasteiger partial charge in [0, 0.05) is 40.7 Å². The molecule has 144 valence electrons. The summed E-state index contributed by atoms with van der Waals surface area (Å²) in [7, 11) is 0. The maximum Gasteiger partial charge on any atom is 0.181 e. The van der Waals surface area contributed by atoms with Gasteiger partial charge in [-0.1, -0.05) is 0 Å². The lowest BCUT2D eigenvalue weighted by Gasteiger charge is -2.02. The molecule has 0 aliphatic heterocycles. The van der Waals surface area contributed by atoms with Crippen molar-refractivity contribution < 1.29 is 5.11 Å². The summed E-state index contributed by atoms with van der Waals surface area (Å²) in [5, 5.41) is 22.0. The fraction of sp³-hybridized carbons (Fsp3) is 0. The highest BCUT2D eigenvalue weighted by atomic mass is 32.1. The third-order valence-electron chi connectivity index (χ3n) is 4.90. The molecule has 30 heavy (non-hydrogen) atoms. The van der Waals surface area contributed by atoms with Crippen LogP contribution in [0.2, 0.25) is 0 Å². The van der Waals surface area contributed by atoms with Crippen molar-refractivity contribution in [3.63, 3.8) is 0 Å². The quantitative estimate of drug-likeness (QED) is 0.398. The number of nitrogens with one attached hydrogen (secondary N) is 2. The van der Waals surface area contributed by atoms with E-state index in [1.165, 1.54) is 6.20 Å². The molecule has 6 heterocycles. The number of H-pyrrole nitrogens is 2. The highest BCUT2D eigenvalue weighted by Gasteiger charge is 2.16. The molecule has 0 aliphatic carbocycles. The van der Waals surface area contributed by atoms with Gasteiger partial charge in [0.15, 0.2) is 11.5 Å². The first-order valence-electron chi connectivity index (χ1n) is 9.12. The smallest absolute Gasteiger partial charge is 0.181 e. The SMILES string of the molecule is Oc1cncc(-c2cnc3n[nH]c(-c4nc5c(-c6ccsc6)nccc5[nH]4)c3c2)c1. The molecule has 0 unspecified atom stereocenters.